The molecule has 0 radical (unpaired) electrons. The quantitative estimate of drug-likeness (QED) is 0.259. The number of hydrogen-bond donors (Lipinski definition) is 6. The first-order chi connectivity index (χ1) is 20.3. The molecule has 43 heavy (non-hydrogen) atoms. The largest absolute Gasteiger partial charge is 0.394 e. The molecule has 7 fully saturated rings. The van der Waals surface area contributed by atoms with Gasteiger partial charge in [-0.3, -0.25) is 0 Å². The lowest BCUT2D eigenvalue weighted by atomic mass is 9.44. The Kier molecular flexibility index (Phi) is 7.86. The van der Waals surface area contributed by atoms with Crippen molar-refractivity contribution in [3.8, 4) is 0 Å². The van der Waals surface area contributed by atoms with Gasteiger partial charge < -0.3 is 49.6 Å². The highest BCUT2D eigenvalue weighted by molar-refractivity contribution is 5.18. The fourth-order valence-corrected chi connectivity index (χ4v) is 11.8. The van der Waals surface area contributed by atoms with Gasteiger partial charge in [0.05, 0.1) is 37.6 Å². The predicted molar refractivity (Wildman–Crippen MR) is 153 cm³/mol. The number of hydrogen-bond acceptors (Lipinski definition) is 10. The Balaban J connectivity index is 1.07. The first-order valence-corrected chi connectivity index (χ1v) is 17.0. The molecule has 246 valence electrons. The average molecular weight is 611 g/mol. The topological polar surface area (TPSA) is 158 Å². The molecule has 3 heterocycles. The minimum Gasteiger partial charge on any atom is -0.394 e. The number of rotatable bonds is 3. The maximum atomic E-state index is 12.0. The van der Waals surface area contributed by atoms with E-state index in [0.29, 0.717) is 43.1 Å². The second-order valence-corrected chi connectivity index (χ2v) is 16.2. The minimum atomic E-state index is -1.51. The summed E-state index contributed by atoms with van der Waals surface area (Å²) < 4.78 is 24.9. The summed E-state index contributed by atoms with van der Waals surface area (Å²) in [6.07, 6.45) is -1.65. The normalized spacial score (nSPS) is 61.5. The number of fused-ring (bicyclic) bond motifs is 7. The van der Waals surface area contributed by atoms with Gasteiger partial charge in [-0.2, -0.15) is 0 Å². The van der Waals surface area contributed by atoms with Crippen LogP contribution in [-0.2, 0) is 18.9 Å². The van der Waals surface area contributed by atoms with Crippen molar-refractivity contribution in [2.75, 3.05) is 13.2 Å². The molecule has 0 aromatic heterocycles. The summed E-state index contributed by atoms with van der Waals surface area (Å²) in [4.78, 5) is 0. The lowest BCUT2D eigenvalue weighted by molar-refractivity contribution is -0.324. The van der Waals surface area contributed by atoms with Gasteiger partial charge >= 0.3 is 0 Å². The third-order valence-corrected chi connectivity index (χ3v) is 14.1. The van der Waals surface area contributed by atoms with E-state index in [9.17, 15) is 30.6 Å². The number of aliphatic hydroxyl groups excluding tert-OH is 6. The van der Waals surface area contributed by atoms with Crippen LogP contribution >= 0.6 is 0 Å². The fraction of sp³-hybridized carbons (Fsp3) is 1.00. The van der Waals surface area contributed by atoms with E-state index in [1.807, 2.05) is 0 Å². The van der Waals surface area contributed by atoms with Crippen LogP contribution < -0.4 is 0 Å². The molecule has 0 aromatic rings. The van der Waals surface area contributed by atoms with Gasteiger partial charge in [0.15, 0.2) is 12.1 Å². The predicted octanol–water partition coefficient (Wildman–Crippen LogP) is 1.56. The van der Waals surface area contributed by atoms with Crippen LogP contribution in [0.5, 0.6) is 0 Å². The van der Waals surface area contributed by atoms with Gasteiger partial charge in [-0.05, 0) is 85.4 Å². The van der Waals surface area contributed by atoms with Crippen molar-refractivity contribution in [3.05, 3.63) is 0 Å². The lowest BCUT2D eigenvalue weighted by Crippen LogP contribution is -2.62. The molecule has 1 spiro atoms. The van der Waals surface area contributed by atoms with Crippen molar-refractivity contribution < 1.29 is 49.6 Å². The molecule has 0 amide bonds. The van der Waals surface area contributed by atoms with Crippen molar-refractivity contribution in [1.29, 1.82) is 0 Å². The summed E-state index contributed by atoms with van der Waals surface area (Å²) in [6.45, 7) is 9.43. The van der Waals surface area contributed by atoms with Crippen LogP contribution in [0.4, 0.5) is 0 Å². The van der Waals surface area contributed by atoms with Crippen LogP contribution in [0.15, 0.2) is 0 Å². The highest BCUT2D eigenvalue weighted by Crippen LogP contribution is 2.71. The monoisotopic (exact) mass is 610 g/mol. The molecule has 7 rings (SSSR count). The standard InChI is InChI=1S/C33H54O10/c1-15-7-10-33(40-14-15)16(2)23-29(43-33)26(37)24-18-6-5-17-11-21(41-30-28(39)27(38)25(36)22(13-34)42-30)20(35)12-32(17,4)19(18)8-9-31(23,24)3/h15-30,34-39H,5-14H2,1-4H3/t15-,16-,17+,18-,19+,20-,21-,22-,23+,24-,25-,26+,27+,28-,29+,30-,31-,32+,33-/m0/s1. The molecule has 4 saturated carbocycles. The molecule has 0 unspecified atom stereocenters. The zero-order valence-electron chi connectivity index (χ0n) is 26.1. The van der Waals surface area contributed by atoms with Gasteiger partial charge in [0.25, 0.3) is 0 Å². The average Bonchev–Trinajstić information content (AvgIpc) is 3.38. The molecule has 0 aromatic carbocycles. The molecule has 7 aliphatic rings. The van der Waals surface area contributed by atoms with Crippen LogP contribution in [0, 0.1) is 52.3 Å². The number of aliphatic hydroxyl groups is 6. The molecular formula is C33H54O10. The van der Waals surface area contributed by atoms with Crippen LogP contribution in [0.3, 0.4) is 0 Å². The Hall–Kier alpha value is -0.400. The van der Waals surface area contributed by atoms with Gasteiger partial charge in [-0.15, -0.1) is 0 Å². The van der Waals surface area contributed by atoms with Crippen molar-refractivity contribution in [2.24, 2.45) is 52.3 Å². The van der Waals surface area contributed by atoms with Crippen molar-refractivity contribution in [2.45, 2.75) is 140 Å². The molecule has 10 nitrogen and oxygen atoms in total. The molecule has 6 N–H and O–H groups in total. The Labute approximate surface area is 255 Å². The summed E-state index contributed by atoms with van der Waals surface area (Å²) in [5, 5.41) is 63.9. The van der Waals surface area contributed by atoms with E-state index in [1.165, 1.54) is 0 Å². The van der Waals surface area contributed by atoms with E-state index < -0.39 is 61.4 Å². The van der Waals surface area contributed by atoms with Crippen molar-refractivity contribution in [3.63, 3.8) is 0 Å². The van der Waals surface area contributed by atoms with Gasteiger partial charge in [0.1, 0.15) is 24.4 Å². The lowest BCUT2D eigenvalue weighted by Gasteiger charge is -2.62. The summed E-state index contributed by atoms with van der Waals surface area (Å²) in [6, 6.07) is 0. The van der Waals surface area contributed by atoms with Crippen LogP contribution in [-0.4, -0.2) is 105 Å². The third-order valence-electron chi connectivity index (χ3n) is 14.1. The van der Waals surface area contributed by atoms with Gasteiger partial charge in [0.2, 0.25) is 0 Å². The summed E-state index contributed by atoms with van der Waals surface area (Å²) in [7, 11) is 0. The SMILES string of the molecule is C[C@H]1CC[C@]2(OC1)O[C@H]1[C@H](O)[C@@H]3[C@H]4CC[C@@H]5C[C@H](O[C@H]6O[C@@H](CO)[C@H](O)[C@@H](O)[C@@H]6O)[C@@H](O)C[C@@]5(C)[C@@H]4CC[C@@]3(C)[C@@H]1[C@@H]2C. The molecule has 3 aliphatic heterocycles. The zero-order chi connectivity index (χ0) is 30.6. The maximum Gasteiger partial charge on any atom is 0.187 e. The van der Waals surface area contributed by atoms with Gasteiger partial charge in [-0.25, -0.2) is 0 Å². The Morgan fingerprint density at radius 3 is 2.30 bits per heavy atom. The highest BCUT2D eigenvalue weighted by Gasteiger charge is 2.72. The minimum absolute atomic E-state index is 0.0220. The fourth-order valence-electron chi connectivity index (χ4n) is 11.8. The smallest absolute Gasteiger partial charge is 0.187 e. The van der Waals surface area contributed by atoms with Crippen LogP contribution in [0.1, 0.15) is 79.1 Å². The second-order valence-electron chi connectivity index (χ2n) is 16.2. The Bertz CT molecular complexity index is 1030. The highest BCUT2D eigenvalue weighted by atomic mass is 16.7. The molecule has 3 saturated heterocycles. The third kappa shape index (κ3) is 4.49. The molecule has 19 atom stereocenters. The van der Waals surface area contributed by atoms with E-state index in [0.717, 1.165) is 38.5 Å². The van der Waals surface area contributed by atoms with Crippen molar-refractivity contribution >= 4 is 0 Å². The van der Waals surface area contributed by atoms with E-state index in [4.69, 9.17) is 18.9 Å². The number of ether oxygens (including phenoxy) is 4. The Morgan fingerprint density at radius 1 is 0.837 bits per heavy atom. The summed E-state index contributed by atoms with van der Waals surface area (Å²) in [5.41, 5.74) is -0.140. The molecular weight excluding hydrogens is 556 g/mol. The first kappa shape index (κ1) is 31.2. The molecule has 4 aliphatic carbocycles. The summed E-state index contributed by atoms with van der Waals surface area (Å²) in [5.74, 6) is 1.64. The molecule has 10 heteroatoms. The van der Waals surface area contributed by atoms with Crippen LogP contribution in [0.2, 0.25) is 0 Å². The second kappa shape index (κ2) is 10.8. The van der Waals surface area contributed by atoms with Crippen LogP contribution in [0.25, 0.3) is 0 Å². The van der Waals surface area contributed by atoms with Gasteiger partial charge in [0, 0.05) is 18.3 Å². The van der Waals surface area contributed by atoms with Gasteiger partial charge in [-0.1, -0.05) is 27.7 Å². The summed E-state index contributed by atoms with van der Waals surface area (Å²) >= 11 is 0. The zero-order valence-corrected chi connectivity index (χ0v) is 26.1. The van der Waals surface area contributed by atoms with E-state index in [2.05, 4.69) is 27.7 Å². The maximum absolute atomic E-state index is 12.0. The Morgan fingerprint density at radius 2 is 1.60 bits per heavy atom. The van der Waals surface area contributed by atoms with E-state index in [1.54, 1.807) is 0 Å². The molecule has 0 bridgehead atoms. The van der Waals surface area contributed by atoms with Crippen molar-refractivity contribution in [1.82, 2.24) is 0 Å². The first-order valence-electron chi connectivity index (χ1n) is 17.0. The van der Waals surface area contributed by atoms with E-state index in [-0.39, 0.29) is 34.7 Å². The van der Waals surface area contributed by atoms with E-state index >= 15 is 0 Å².